The van der Waals surface area contributed by atoms with Crippen molar-refractivity contribution in [2.75, 3.05) is 0 Å². The smallest absolute Gasteiger partial charge is 0.338 e. The van der Waals surface area contributed by atoms with Crippen molar-refractivity contribution < 1.29 is 23.8 Å². The van der Waals surface area contributed by atoms with E-state index in [0.29, 0.717) is 29.2 Å². The predicted molar refractivity (Wildman–Crippen MR) is 149 cm³/mol. The molecule has 1 aliphatic heterocycles. The largest absolute Gasteiger partial charge is 0.459 e. The normalized spacial score (nSPS) is 45.8. The lowest BCUT2D eigenvalue weighted by Crippen LogP contribution is -2.60. The van der Waals surface area contributed by atoms with Gasteiger partial charge in [-0.1, -0.05) is 19.9 Å². The number of ether oxygens (including phenoxy) is 3. The Labute approximate surface area is 234 Å². The molecule has 1 saturated heterocycles. The zero-order valence-electron chi connectivity index (χ0n) is 22.8. The molecule has 6 rings (SSSR count). The van der Waals surface area contributed by atoms with Gasteiger partial charge in [0.1, 0.15) is 6.10 Å². The summed E-state index contributed by atoms with van der Waals surface area (Å²) in [6, 6.07) is 7.66. The van der Waals surface area contributed by atoms with Crippen LogP contribution in [0.15, 0.2) is 24.3 Å². The van der Waals surface area contributed by atoms with Gasteiger partial charge in [-0.25, -0.2) is 4.79 Å². The Balaban J connectivity index is 1.19. The summed E-state index contributed by atoms with van der Waals surface area (Å²) < 4.78 is 20.1. The van der Waals surface area contributed by atoms with Crippen LogP contribution in [0.3, 0.4) is 0 Å². The van der Waals surface area contributed by atoms with Crippen molar-refractivity contribution in [1.82, 2.24) is 0 Å². The van der Waals surface area contributed by atoms with Gasteiger partial charge in [0.05, 0.1) is 11.7 Å². The number of hydrogen-bond donors (Lipinski definition) is 0. The number of fused-ring (bicyclic) bond motifs is 7. The Morgan fingerprint density at radius 1 is 1.00 bits per heavy atom. The van der Waals surface area contributed by atoms with E-state index in [1.54, 1.807) is 6.92 Å². The first-order valence-corrected chi connectivity index (χ1v) is 15.3. The maximum atomic E-state index is 13.2. The molecule has 4 saturated carbocycles. The molecule has 0 bridgehead atoms. The minimum absolute atomic E-state index is 0.00435. The molecule has 0 spiro atoms. The minimum Gasteiger partial charge on any atom is -0.459 e. The van der Waals surface area contributed by atoms with E-state index in [0.717, 1.165) is 42.1 Å². The van der Waals surface area contributed by atoms with E-state index < -0.39 is 11.4 Å². The number of Topliss-reactive ketones (excluding diaryl/α,β-unsaturated/α-hetero) is 1. The molecule has 0 radical (unpaired) electrons. The fraction of sp³-hybridized carbons (Fsp3) is 0.742. The standard InChI is InChI=1S/C31H41IO5/c1-18(33)31-26(36-28(2,3)37-31)17-25-23-10-9-20-16-22(35-27(34)19-7-6-8-21(32)15-19)11-13-29(20,4)24(23)12-14-30(25,31)5/h6-8,15,20,22-26H,9-14,16-17H2,1-5H3/t20-,22+,23+,24-,25-,26+,29-,30-,31+/m0/s1. The highest BCUT2D eigenvalue weighted by Gasteiger charge is 2.75. The van der Waals surface area contributed by atoms with Crippen LogP contribution in [0.4, 0.5) is 0 Å². The Morgan fingerprint density at radius 3 is 2.51 bits per heavy atom. The summed E-state index contributed by atoms with van der Waals surface area (Å²) in [5.74, 6) is 1.51. The molecule has 0 aromatic heterocycles. The molecule has 1 aromatic rings. The number of hydrogen-bond acceptors (Lipinski definition) is 5. The van der Waals surface area contributed by atoms with Crippen molar-refractivity contribution in [1.29, 1.82) is 0 Å². The zero-order chi connectivity index (χ0) is 26.4. The van der Waals surface area contributed by atoms with Crippen LogP contribution >= 0.6 is 22.6 Å². The molecule has 37 heavy (non-hydrogen) atoms. The monoisotopic (exact) mass is 620 g/mol. The van der Waals surface area contributed by atoms with Crippen molar-refractivity contribution in [3.8, 4) is 0 Å². The first-order chi connectivity index (χ1) is 17.4. The third-order valence-electron chi connectivity index (χ3n) is 11.5. The fourth-order valence-electron chi connectivity index (χ4n) is 9.91. The van der Waals surface area contributed by atoms with Gasteiger partial charge in [0, 0.05) is 8.99 Å². The van der Waals surface area contributed by atoms with Crippen LogP contribution < -0.4 is 0 Å². The second-order valence-corrected chi connectivity index (χ2v) is 14.8. The summed E-state index contributed by atoms with van der Waals surface area (Å²) in [5.41, 5.74) is -0.0847. The van der Waals surface area contributed by atoms with Crippen LogP contribution in [0.1, 0.15) is 96.3 Å². The topological polar surface area (TPSA) is 61.8 Å². The molecule has 1 heterocycles. The lowest BCUT2D eigenvalue weighted by atomic mass is 9.44. The molecule has 4 aliphatic carbocycles. The van der Waals surface area contributed by atoms with Crippen LogP contribution in [-0.2, 0) is 19.0 Å². The minimum atomic E-state index is -0.814. The predicted octanol–water partition coefficient (Wildman–Crippen LogP) is 6.95. The Hall–Kier alpha value is -0.990. The maximum absolute atomic E-state index is 13.2. The van der Waals surface area contributed by atoms with Crippen molar-refractivity contribution in [2.45, 2.75) is 110 Å². The van der Waals surface area contributed by atoms with E-state index in [2.05, 4.69) is 36.4 Å². The molecule has 202 valence electrons. The van der Waals surface area contributed by atoms with Crippen molar-refractivity contribution >= 4 is 34.3 Å². The van der Waals surface area contributed by atoms with Gasteiger partial charge in [-0.05, 0) is 142 Å². The van der Waals surface area contributed by atoms with Gasteiger partial charge >= 0.3 is 5.97 Å². The van der Waals surface area contributed by atoms with Gasteiger partial charge in [-0.15, -0.1) is 0 Å². The van der Waals surface area contributed by atoms with Crippen molar-refractivity contribution in [3.63, 3.8) is 0 Å². The van der Waals surface area contributed by atoms with E-state index in [4.69, 9.17) is 14.2 Å². The molecule has 0 unspecified atom stereocenters. The maximum Gasteiger partial charge on any atom is 0.338 e. The molecular formula is C31H41IO5. The lowest BCUT2D eigenvalue weighted by Gasteiger charge is -2.61. The number of ketones is 1. The zero-order valence-corrected chi connectivity index (χ0v) is 25.0. The van der Waals surface area contributed by atoms with E-state index in [1.165, 1.54) is 12.8 Å². The summed E-state index contributed by atoms with van der Waals surface area (Å²) >= 11 is 2.24. The Kier molecular flexibility index (Phi) is 6.21. The molecule has 0 N–H and O–H groups in total. The Morgan fingerprint density at radius 2 is 1.78 bits per heavy atom. The van der Waals surface area contributed by atoms with Gasteiger partial charge in [0.2, 0.25) is 0 Å². The summed E-state index contributed by atoms with van der Waals surface area (Å²) in [7, 11) is 0. The number of carbonyl (C=O) groups is 2. The van der Waals surface area contributed by atoms with E-state index >= 15 is 0 Å². The number of halogens is 1. The third-order valence-corrected chi connectivity index (χ3v) is 12.1. The van der Waals surface area contributed by atoms with Crippen molar-refractivity contribution in [3.05, 3.63) is 33.4 Å². The van der Waals surface area contributed by atoms with E-state index in [9.17, 15) is 9.59 Å². The lowest BCUT2D eigenvalue weighted by molar-refractivity contribution is -0.219. The number of carbonyl (C=O) groups excluding carboxylic acids is 2. The fourth-order valence-corrected chi connectivity index (χ4v) is 10.5. The molecular weight excluding hydrogens is 579 g/mol. The van der Waals surface area contributed by atoms with Gasteiger partial charge < -0.3 is 14.2 Å². The third kappa shape index (κ3) is 3.81. The average Bonchev–Trinajstić information content (AvgIpc) is 3.25. The molecule has 0 amide bonds. The summed E-state index contributed by atoms with van der Waals surface area (Å²) in [5, 5.41) is 0. The number of rotatable bonds is 3. The van der Waals surface area contributed by atoms with Crippen molar-refractivity contribution in [2.24, 2.45) is 34.5 Å². The molecule has 5 aliphatic rings. The second kappa shape index (κ2) is 8.76. The molecule has 5 fully saturated rings. The van der Waals surface area contributed by atoms with Gasteiger partial charge in [0.25, 0.3) is 0 Å². The summed E-state index contributed by atoms with van der Waals surface area (Å²) in [4.78, 5) is 26.1. The number of esters is 1. The summed E-state index contributed by atoms with van der Waals surface area (Å²) in [6.07, 6.45) is 8.32. The van der Waals surface area contributed by atoms with Crippen LogP contribution in [0, 0.1) is 38.1 Å². The number of benzene rings is 1. The molecule has 5 nitrogen and oxygen atoms in total. The summed E-state index contributed by atoms with van der Waals surface area (Å²) in [6.45, 7) is 10.5. The SMILES string of the molecule is CC(=O)[C@@]12OC(C)(C)O[C@@H]1C[C@H]1[C@@H]3CC[C@H]4C[C@H](OC(=O)c5cccc(I)c5)CC[C@]4(C)[C@H]3CC[C@@]12C. The van der Waals surface area contributed by atoms with Gasteiger partial charge in [-0.3, -0.25) is 4.79 Å². The first-order valence-electron chi connectivity index (χ1n) is 14.3. The van der Waals surface area contributed by atoms with Crippen LogP contribution in [0.25, 0.3) is 0 Å². The van der Waals surface area contributed by atoms with Crippen LogP contribution in [-0.4, -0.2) is 35.3 Å². The quantitative estimate of drug-likeness (QED) is 0.271. The Bertz CT molecular complexity index is 1120. The molecule has 9 atom stereocenters. The highest BCUT2D eigenvalue weighted by atomic mass is 127. The second-order valence-electron chi connectivity index (χ2n) is 13.6. The van der Waals surface area contributed by atoms with Gasteiger partial charge in [0.15, 0.2) is 17.2 Å². The average molecular weight is 621 g/mol. The molecule has 6 heteroatoms. The molecule has 1 aromatic carbocycles. The first kappa shape index (κ1) is 26.2. The van der Waals surface area contributed by atoms with Crippen LogP contribution in [0.5, 0.6) is 0 Å². The van der Waals surface area contributed by atoms with Gasteiger partial charge in [-0.2, -0.15) is 0 Å². The van der Waals surface area contributed by atoms with E-state index in [-0.39, 0.29) is 34.8 Å². The van der Waals surface area contributed by atoms with Crippen LogP contribution in [0.2, 0.25) is 0 Å². The highest BCUT2D eigenvalue weighted by Crippen LogP contribution is 2.71. The van der Waals surface area contributed by atoms with E-state index in [1.807, 2.05) is 38.1 Å². The highest BCUT2D eigenvalue weighted by molar-refractivity contribution is 14.1.